The fourth-order valence-corrected chi connectivity index (χ4v) is 3.99. The maximum absolute atomic E-state index is 12.7. The Hall–Kier alpha value is -2.37. The Kier molecular flexibility index (Phi) is 5.82. The van der Waals surface area contributed by atoms with E-state index in [4.69, 9.17) is 16.3 Å². The number of benzene rings is 2. The first-order chi connectivity index (χ1) is 12.8. The molecule has 0 aliphatic carbocycles. The highest BCUT2D eigenvalue weighted by Gasteiger charge is 2.18. The highest BCUT2D eigenvalue weighted by molar-refractivity contribution is 7.13. The van der Waals surface area contributed by atoms with Crippen molar-refractivity contribution in [2.45, 2.75) is 34.3 Å². The number of aromatic nitrogens is 1. The number of ether oxygens (including phenoxy) is 1. The molecule has 0 spiro atoms. The fourth-order valence-electron chi connectivity index (χ4n) is 2.75. The van der Waals surface area contributed by atoms with Crippen LogP contribution in [0.15, 0.2) is 36.4 Å². The number of halogens is 1. The van der Waals surface area contributed by atoms with Gasteiger partial charge in [-0.25, -0.2) is 4.98 Å². The molecule has 0 aliphatic rings. The van der Waals surface area contributed by atoms with Gasteiger partial charge in [0, 0.05) is 0 Å². The van der Waals surface area contributed by atoms with E-state index >= 15 is 0 Å². The molecule has 0 atom stereocenters. The van der Waals surface area contributed by atoms with Gasteiger partial charge in [-0.15, -0.1) is 11.3 Å². The zero-order valence-corrected chi connectivity index (χ0v) is 17.3. The molecule has 1 heterocycles. The van der Waals surface area contributed by atoms with Gasteiger partial charge in [-0.2, -0.15) is 0 Å². The highest BCUT2D eigenvalue weighted by atomic mass is 35.5. The van der Waals surface area contributed by atoms with E-state index in [1.807, 2.05) is 64.1 Å². The molecule has 0 radical (unpaired) electrons. The standard InChI is InChI=1S/C21H21ClN2O2S/c1-12-5-7-16(8-6-12)26-11-18-23-15(4)20(27-18)21(25)24-19-14(3)9-13(2)10-17(19)22/h5-10H,11H2,1-4H3,(H,24,25). The number of nitrogens with zero attached hydrogens (tertiary/aromatic N) is 1. The summed E-state index contributed by atoms with van der Waals surface area (Å²) in [7, 11) is 0. The lowest BCUT2D eigenvalue weighted by atomic mass is 10.1. The van der Waals surface area contributed by atoms with Crippen LogP contribution in [0, 0.1) is 27.7 Å². The average Bonchev–Trinajstić information content (AvgIpc) is 2.98. The van der Waals surface area contributed by atoms with Gasteiger partial charge in [0.2, 0.25) is 0 Å². The van der Waals surface area contributed by atoms with Gasteiger partial charge in [-0.1, -0.05) is 35.4 Å². The molecule has 140 valence electrons. The molecular weight excluding hydrogens is 380 g/mol. The lowest BCUT2D eigenvalue weighted by Crippen LogP contribution is -2.13. The lowest BCUT2D eigenvalue weighted by molar-refractivity contribution is 0.102. The molecule has 1 amide bonds. The molecule has 1 N–H and O–H groups in total. The maximum atomic E-state index is 12.7. The summed E-state index contributed by atoms with van der Waals surface area (Å²) in [4.78, 5) is 17.7. The molecule has 2 aromatic carbocycles. The fraction of sp³-hybridized carbons (Fsp3) is 0.238. The number of carbonyl (C=O) groups excluding carboxylic acids is 1. The van der Waals surface area contributed by atoms with Crippen LogP contribution < -0.4 is 10.1 Å². The molecule has 0 saturated heterocycles. The molecule has 0 unspecified atom stereocenters. The van der Waals surface area contributed by atoms with Crippen LogP contribution in [-0.2, 0) is 6.61 Å². The quantitative estimate of drug-likeness (QED) is 0.583. The number of rotatable bonds is 5. The monoisotopic (exact) mass is 400 g/mol. The minimum absolute atomic E-state index is 0.208. The molecule has 27 heavy (non-hydrogen) atoms. The van der Waals surface area contributed by atoms with E-state index in [1.165, 1.54) is 16.9 Å². The highest BCUT2D eigenvalue weighted by Crippen LogP contribution is 2.29. The largest absolute Gasteiger partial charge is 0.486 e. The van der Waals surface area contributed by atoms with Gasteiger partial charge in [-0.05, 0) is 57.0 Å². The Morgan fingerprint density at radius 2 is 1.81 bits per heavy atom. The Balaban J connectivity index is 1.72. The lowest BCUT2D eigenvalue weighted by Gasteiger charge is -2.11. The first kappa shape index (κ1) is 19.4. The molecule has 0 fully saturated rings. The average molecular weight is 401 g/mol. The predicted molar refractivity (Wildman–Crippen MR) is 111 cm³/mol. The number of amides is 1. The molecule has 6 heteroatoms. The van der Waals surface area contributed by atoms with Gasteiger partial charge in [0.1, 0.15) is 22.2 Å². The summed E-state index contributed by atoms with van der Waals surface area (Å²) in [5.74, 6) is 0.571. The van der Waals surface area contributed by atoms with E-state index in [-0.39, 0.29) is 5.91 Å². The summed E-state index contributed by atoms with van der Waals surface area (Å²) in [6.45, 7) is 8.07. The van der Waals surface area contributed by atoms with E-state index in [1.54, 1.807) is 0 Å². The van der Waals surface area contributed by atoms with Crippen LogP contribution in [0.3, 0.4) is 0 Å². The second kappa shape index (κ2) is 8.11. The van der Waals surface area contributed by atoms with Gasteiger partial charge >= 0.3 is 0 Å². The van der Waals surface area contributed by atoms with Crippen molar-refractivity contribution in [1.82, 2.24) is 4.98 Å². The summed E-state index contributed by atoms with van der Waals surface area (Å²) < 4.78 is 5.76. The molecule has 0 aliphatic heterocycles. The SMILES string of the molecule is Cc1ccc(OCc2nc(C)c(C(=O)Nc3c(C)cc(C)cc3Cl)s2)cc1. The van der Waals surface area contributed by atoms with Gasteiger partial charge in [-0.3, -0.25) is 4.79 Å². The Bertz CT molecular complexity index is 957. The number of hydrogen-bond acceptors (Lipinski definition) is 4. The second-order valence-electron chi connectivity index (χ2n) is 6.52. The van der Waals surface area contributed by atoms with Crippen molar-refractivity contribution >= 4 is 34.5 Å². The van der Waals surface area contributed by atoms with Crippen LogP contribution in [0.25, 0.3) is 0 Å². The summed E-state index contributed by atoms with van der Waals surface area (Å²) in [6, 6.07) is 11.7. The third-order valence-corrected chi connectivity index (χ3v) is 5.53. The molecule has 3 aromatic rings. The smallest absolute Gasteiger partial charge is 0.267 e. The van der Waals surface area contributed by atoms with Crippen molar-refractivity contribution in [3.05, 3.63) is 73.7 Å². The topological polar surface area (TPSA) is 51.2 Å². The number of carbonyl (C=O) groups is 1. The van der Waals surface area contributed by atoms with Crippen molar-refractivity contribution in [3.8, 4) is 5.75 Å². The van der Waals surface area contributed by atoms with Crippen LogP contribution in [0.4, 0.5) is 5.69 Å². The minimum Gasteiger partial charge on any atom is -0.486 e. The molecule has 4 nitrogen and oxygen atoms in total. The third kappa shape index (κ3) is 4.67. The molecule has 3 rings (SSSR count). The van der Waals surface area contributed by atoms with E-state index in [0.29, 0.717) is 27.9 Å². The van der Waals surface area contributed by atoms with E-state index < -0.39 is 0 Å². The Morgan fingerprint density at radius 1 is 1.11 bits per heavy atom. The van der Waals surface area contributed by atoms with E-state index in [9.17, 15) is 4.79 Å². The summed E-state index contributed by atoms with van der Waals surface area (Å²) in [6.07, 6.45) is 0. The number of nitrogens with one attached hydrogen (secondary N) is 1. The maximum Gasteiger partial charge on any atom is 0.267 e. The van der Waals surface area contributed by atoms with Crippen molar-refractivity contribution in [1.29, 1.82) is 0 Å². The first-order valence-corrected chi connectivity index (χ1v) is 9.77. The van der Waals surface area contributed by atoms with Crippen molar-refractivity contribution in [2.24, 2.45) is 0 Å². The number of thiazole rings is 1. The molecule has 0 saturated carbocycles. The number of hydrogen-bond donors (Lipinski definition) is 1. The van der Waals surface area contributed by atoms with Crippen LogP contribution in [0.5, 0.6) is 5.75 Å². The van der Waals surface area contributed by atoms with Crippen LogP contribution in [-0.4, -0.2) is 10.9 Å². The summed E-state index contributed by atoms with van der Waals surface area (Å²) >= 11 is 7.63. The zero-order chi connectivity index (χ0) is 19.6. The Morgan fingerprint density at radius 3 is 2.48 bits per heavy atom. The summed E-state index contributed by atoms with van der Waals surface area (Å²) in [5.41, 5.74) is 4.48. The number of anilines is 1. The Labute approximate surface area is 168 Å². The molecule has 1 aromatic heterocycles. The zero-order valence-electron chi connectivity index (χ0n) is 15.7. The predicted octanol–water partition coefficient (Wildman–Crippen LogP) is 5.86. The van der Waals surface area contributed by atoms with Gasteiger partial charge in [0.05, 0.1) is 16.4 Å². The first-order valence-electron chi connectivity index (χ1n) is 8.57. The van der Waals surface area contributed by atoms with Crippen molar-refractivity contribution < 1.29 is 9.53 Å². The molecule has 0 bridgehead atoms. The second-order valence-corrected chi connectivity index (χ2v) is 8.01. The van der Waals surface area contributed by atoms with Gasteiger partial charge in [0.15, 0.2) is 0 Å². The van der Waals surface area contributed by atoms with Crippen LogP contribution in [0.1, 0.15) is 37.1 Å². The third-order valence-electron chi connectivity index (χ3n) is 4.10. The van der Waals surface area contributed by atoms with Crippen molar-refractivity contribution in [3.63, 3.8) is 0 Å². The number of aryl methyl sites for hydroxylation is 4. The van der Waals surface area contributed by atoms with E-state index in [2.05, 4.69) is 10.3 Å². The minimum atomic E-state index is -0.208. The van der Waals surface area contributed by atoms with Crippen molar-refractivity contribution in [2.75, 3.05) is 5.32 Å². The van der Waals surface area contributed by atoms with E-state index in [0.717, 1.165) is 21.9 Å². The van der Waals surface area contributed by atoms with Crippen LogP contribution in [0.2, 0.25) is 5.02 Å². The molecular formula is C21H21ClN2O2S. The van der Waals surface area contributed by atoms with Gasteiger partial charge < -0.3 is 10.1 Å². The summed E-state index contributed by atoms with van der Waals surface area (Å²) in [5, 5.41) is 4.20. The van der Waals surface area contributed by atoms with Crippen LogP contribution >= 0.6 is 22.9 Å². The normalized spacial score (nSPS) is 10.7. The van der Waals surface area contributed by atoms with Gasteiger partial charge in [0.25, 0.3) is 5.91 Å².